The molecule has 1 aliphatic carbocycles. The van der Waals surface area contributed by atoms with E-state index in [1.807, 2.05) is 24.3 Å². The largest absolute Gasteiger partial charge is 0.497 e. The molecule has 0 spiro atoms. The van der Waals surface area contributed by atoms with Gasteiger partial charge < -0.3 is 4.74 Å². The molecule has 0 unspecified atom stereocenters. The Morgan fingerprint density at radius 1 is 1.37 bits per heavy atom. The summed E-state index contributed by atoms with van der Waals surface area (Å²) in [4.78, 5) is 11.9. The summed E-state index contributed by atoms with van der Waals surface area (Å²) in [6.07, 6.45) is 7.16. The Hall–Kier alpha value is -1.84. The highest BCUT2D eigenvalue weighted by molar-refractivity contribution is 5.83. The molecule has 0 aliphatic heterocycles. The van der Waals surface area contributed by atoms with Gasteiger partial charge in [-0.2, -0.15) is 5.10 Å². The summed E-state index contributed by atoms with van der Waals surface area (Å²) < 4.78 is 5.13. The second-order valence-electron chi connectivity index (χ2n) is 4.85. The van der Waals surface area contributed by atoms with E-state index >= 15 is 0 Å². The first-order valence-corrected chi connectivity index (χ1v) is 6.76. The number of benzene rings is 1. The van der Waals surface area contributed by atoms with Gasteiger partial charge in [0.2, 0.25) is 5.91 Å². The molecule has 0 saturated heterocycles. The fourth-order valence-corrected chi connectivity index (χ4v) is 2.35. The number of carbonyl (C=O) groups is 1. The van der Waals surface area contributed by atoms with Gasteiger partial charge in [0.15, 0.2) is 0 Å². The minimum absolute atomic E-state index is 0.0406. The molecule has 1 aliphatic rings. The van der Waals surface area contributed by atoms with E-state index in [0.29, 0.717) is 0 Å². The predicted octanol–water partition coefficient (Wildman–Crippen LogP) is 2.73. The number of hydrogen-bond donors (Lipinski definition) is 1. The van der Waals surface area contributed by atoms with Crippen LogP contribution in [-0.2, 0) is 4.79 Å². The van der Waals surface area contributed by atoms with Crippen molar-refractivity contribution in [2.75, 3.05) is 7.11 Å². The molecule has 0 aromatic heterocycles. The number of nitrogens with zero attached hydrogens (tertiary/aromatic N) is 1. The van der Waals surface area contributed by atoms with Crippen LogP contribution >= 0.6 is 0 Å². The van der Waals surface area contributed by atoms with Crippen LogP contribution in [0.4, 0.5) is 0 Å². The number of rotatable bonds is 4. The molecule has 4 heteroatoms. The molecule has 0 heterocycles. The van der Waals surface area contributed by atoms with E-state index in [0.717, 1.165) is 37.0 Å². The fraction of sp³-hybridized carbons (Fsp3) is 0.467. The number of carbonyl (C=O) groups excluding carboxylic acids is 1. The van der Waals surface area contributed by atoms with Crippen molar-refractivity contribution in [3.05, 3.63) is 29.8 Å². The van der Waals surface area contributed by atoms with E-state index < -0.39 is 0 Å². The van der Waals surface area contributed by atoms with E-state index in [-0.39, 0.29) is 11.8 Å². The van der Waals surface area contributed by atoms with Crippen molar-refractivity contribution in [2.24, 2.45) is 11.0 Å². The van der Waals surface area contributed by atoms with Crippen LogP contribution in [0.1, 0.15) is 37.7 Å². The SMILES string of the molecule is COc1cccc(/C=N/NC(=O)C2CCCCC2)c1. The highest BCUT2D eigenvalue weighted by atomic mass is 16.5. The number of methoxy groups -OCH3 is 1. The van der Waals surface area contributed by atoms with Crippen LogP contribution in [0.3, 0.4) is 0 Å². The van der Waals surface area contributed by atoms with Gasteiger partial charge in [-0.15, -0.1) is 0 Å². The van der Waals surface area contributed by atoms with Crippen LogP contribution in [0.5, 0.6) is 5.75 Å². The average molecular weight is 260 g/mol. The monoisotopic (exact) mass is 260 g/mol. The lowest BCUT2D eigenvalue weighted by molar-refractivity contribution is -0.125. The standard InChI is InChI=1S/C15H20N2O2/c1-19-14-9-5-6-12(10-14)11-16-17-15(18)13-7-3-2-4-8-13/h5-6,9-11,13H,2-4,7-8H2,1H3,(H,17,18)/b16-11+. The van der Waals surface area contributed by atoms with Crippen molar-refractivity contribution in [1.29, 1.82) is 0 Å². The molecule has 4 nitrogen and oxygen atoms in total. The van der Waals surface area contributed by atoms with E-state index in [2.05, 4.69) is 10.5 Å². The van der Waals surface area contributed by atoms with Crippen molar-refractivity contribution < 1.29 is 9.53 Å². The second-order valence-corrected chi connectivity index (χ2v) is 4.85. The van der Waals surface area contributed by atoms with Gasteiger partial charge in [-0.3, -0.25) is 4.79 Å². The maximum Gasteiger partial charge on any atom is 0.243 e. The van der Waals surface area contributed by atoms with Gasteiger partial charge in [-0.05, 0) is 30.5 Å². The smallest absolute Gasteiger partial charge is 0.243 e. The minimum Gasteiger partial charge on any atom is -0.497 e. The summed E-state index contributed by atoms with van der Waals surface area (Å²) in [7, 11) is 1.63. The van der Waals surface area contributed by atoms with Crippen molar-refractivity contribution in [3.63, 3.8) is 0 Å². The molecule has 1 amide bonds. The number of hydrazone groups is 1. The lowest BCUT2D eigenvalue weighted by Gasteiger charge is -2.19. The maximum atomic E-state index is 11.9. The van der Waals surface area contributed by atoms with Gasteiger partial charge in [0.05, 0.1) is 13.3 Å². The highest BCUT2D eigenvalue weighted by Gasteiger charge is 2.20. The molecule has 19 heavy (non-hydrogen) atoms. The van der Waals surface area contributed by atoms with Crippen molar-refractivity contribution >= 4 is 12.1 Å². The van der Waals surface area contributed by atoms with Crippen LogP contribution in [0.2, 0.25) is 0 Å². The fourth-order valence-electron chi connectivity index (χ4n) is 2.35. The van der Waals surface area contributed by atoms with Crippen LogP contribution in [0.15, 0.2) is 29.4 Å². The number of amides is 1. The molecular formula is C15H20N2O2. The Balaban J connectivity index is 1.86. The lowest BCUT2D eigenvalue weighted by atomic mass is 9.89. The Labute approximate surface area is 113 Å². The molecule has 1 N–H and O–H groups in total. The normalized spacial score (nSPS) is 16.5. The van der Waals surface area contributed by atoms with E-state index in [1.165, 1.54) is 6.42 Å². The Kier molecular flexibility index (Phi) is 4.95. The Bertz CT molecular complexity index is 451. The predicted molar refractivity (Wildman–Crippen MR) is 75.3 cm³/mol. The minimum atomic E-state index is 0.0406. The van der Waals surface area contributed by atoms with Crippen LogP contribution in [0, 0.1) is 5.92 Å². The number of hydrogen-bond acceptors (Lipinski definition) is 3. The zero-order chi connectivity index (χ0) is 13.5. The molecular weight excluding hydrogens is 240 g/mol. The summed E-state index contributed by atoms with van der Waals surface area (Å²) in [6.45, 7) is 0. The third kappa shape index (κ3) is 4.09. The molecule has 102 valence electrons. The number of ether oxygens (including phenoxy) is 1. The molecule has 1 fully saturated rings. The third-order valence-electron chi connectivity index (χ3n) is 3.46. The molecule has 1 aromatic rings. The van der Waals surface area contributed by atoms with Gasteiger partial charge >= 0.3 is 0 Å². The summed E-state index contributed by atoms with van der Waals surface area (Å²) >= 11 is 0. The van der Waals surface area contributed by atoms with Gasteiger partial charge in [-0.25, -0.2) is 5.43 Å². The van der Waals surface area contributed by atoms with Gasteiger partial charge in [0.25, 0.3) is 0 Å². The molecule has 0 radical (unpaired) electrons. The first-order valence-electron chi connectivity index (χ1n) is 6.76. The quantitative estimate of drug-likeness (QED) is 0.668. The molecule has 1 aromatic carbocycles. The second kappa shape index (κ2) is 6.92. The van der Waals surface area contributed by atoms with E-state index in [9.17, 15) is 4.79 Å². The zero-order valence-electron chi connectivity index (χ0n) is 11.3. The zero-order valence-corrected chi connectivity index (χ0v) is 11.3. The topological polar surface area (TPSA) is 50.7 Å². The lowest BCUT2D eigenvalue weighted by Crippen LogP contribution is -2.28. The van der Waals surface area contributed by atoms with E-state index in [1.54, 1.807) is 13.3 Å². The van der Waals surface area contributed by atoms with Crippen LogP contribution in [0.25, 0.3) is 0 Å². The summed E-state index contributed by atoms with van der Waals surface area (Å²) in [6, 6.07) is 7.55. The third-order valence-corrected chi connectivity index (χ3v) is 3.46. The van der Waals surface area contributed by atoms with Crippen LogP contribution in [-0.4, -0.2) is 19.2 Å². The van der Waals surface area contributed by atoms with Gasteiger partial charge in [-0.1, -0.05) is 31.4 Å². The van der Waals surface area contributed by atoms with Gasteiger partial charge in [0.1, 0.15) is 5.75 Å². The van der Waals surface area contributed by atoms with Crippen molar-refractivity contribution in [1.82, 2.24) is 5.43 Å². The first kappa shape index (κ1) is 13.6. The summed E-state index contributed by atoms with van der Waals surface area (Å²) in [5.74, 6) is 0.956. The van der Waals surface area contributed by atoms with E-state index in [4.69, 9.17) is 4.74 Å². The summed E-state index contributed by atoms with van der Waals surface area (Å²) in [5.41, 5.74) is 3.53. The molecule has 0 atom stereocenters. The van der Waals surface area contributed by atoms with Crippen LogP contribution < -0.4 is 10.2 Å². The van der Waals surface area contributed by atoms with Gasteiger partial charge in [0, 0.05) is 5.92 Å². The average Bonchev–Trinajstić information content (AvgIpc) is 2.48. The molecule has 2 rings (SSSR count). The molecule has 1 saturated carbocycles. The Morgan fingerprint density at radius 3 is 2.89 bits per heavy atom. The van der Waals surface area contributed by atoms with Crippen molar-refractivity contribution in [3.8, 4) is 5.75 Å². The number of nitrogens with one attached hydrogen (secondary N) is 1. The summed E-state index contributed by atoms with van der Waals surface area (Å²) in [5, 5.41) is 4.01. The first-order chi connectivity index (χ1) is 9.29. The Morgan fingerprint density at radius 2 is 2.16 bits per heavy atom. The highest BCUT2D eigenvalue weighted by Crippen LogP contribution is 2.23. The molecule has 0 bridgehead atoms. The maximum absolute atomic E-state index is 11.9. The van der Waals surface area contributed by atoms with Crippen molar-refractivity contribution in [2.45, 2.75) is 32.1 Å².